The standard InChI is InChI=1S/C38H43N6O5P/c1-27(2)44(28(3)4)50(46,22-14-21-39)49-32-23-34(43-26-42-35-36(43)40-25-41-37(35)45)48-33(32)24-47-38(29-15-8-5-9-16-29,30-17-10-6-11-18-30)31-19-12-7-13-20-31/h5-13,15-20,25-28,32-34,46H,14,22-24H2,1-4H3/p+1/t32-,33+,34+,50?/m0/s1. The number of H-pyrrole nitrogens is 1. The van der Waals surface area contributed by atoms with Gasteiger partial charge in [-0.25, -0.2) is 14.9 Å². The molecule has 1 saturated heterocycles. The van der Waals surface area contributed by atoms with Gasteiger partial charge in [-0.1, -0.05) is 91.0 Å². The maximum atomic E-state index is 12.5. The molecule has 0 spiro atoms. The third kappa shape index (κ3) is 7.01. The van der Waals surface area contributed by atoms with Crippen LogP contribution in [0.4, 0.5) is 0 Å². The number of benzene rings is 3. The summed E-state index contributed by atoms with van der Waals surface area (Å²) in [6.07, 6.45) is 1.60. The highest BCUT2D eigenvalue weighted by Gasteiger charge is 2.54. The van der Waals surface area contributed by atoms with E-state index in [9.17, 15) is 14.9 Å². The first-order chi connectivity index (χ1) is 24.2. The van der Waals surface area contributed by atoms with Crippen LogP contribution in [0.25, 0.3) is 11.2 Å². The number of imidazole rings is 1. The number of nitrogens with zero attached hydrogens (tertiary/aromatic N) is 5. The number of hydrogen-bond donors (Lipinski definition) is 2. The Labute approximate surface area is 293 Å². The van der Waals surface area contributed by atoms with Crippen LogP contribution < -0.4 is 5.56 Å². The van der Waals surface area contributed by atoms with Crippen molar-refractivity contribution in [1.29, 1.82) is 5.26 Å². The van der Waals surface area contributed by atoms with E-state index in [1.54, 1.807) is 10.9 Å². The van der Waals surface area contributed by atoms with Gasteiger partial charge in [0.2, 0.25) is 0 Å². The van der Waals surface area contributed by atoms with Gasteiger partial charge in [0.1, 0.15) is 30.2 Å². The zero-order valence-corrected chi connectivity index (χ0v) is 29.7. The van der Waals surface area contributed by atoms with Crippen molar-refractivity contribution in [3.63, 3.8) is 0 Å². The van der Waals surface area contributed by atoms with Gasteiger partial charge in [0.15, 0.2) is 11.2 Å². The maximum absolute atomic E-state index is 12.5. The Morgan fingerprint density at radius 3 is 2.06 bits per heavy atom. The maximum Gasteiger partial charge on any atom is 0.347 e. The van der Waals surface area contributed by atoms with Crippen molar-refractivity contribution in [2.75, 3.05) is 12.8 Å². The Morgan fingerprint density at radius 2 is 1.54 bits per heavy atom. The van der Waals surface area contributed by atoms with Gasteiger partial charge in [0, 0.05) is 18.5 Å². The predicted molar refractivity (Wildman–Crippen MR) is 193 cm³/mol. The van der Waals surface area contributed by atoms with Gasteiger partial charge in [-0.15, -0.1) is 4.67 Å². The largest absolute Gasteiger partial charge is 0.358 e. The number of rotatable bonds is 14. The average Bonchev–Trinajstić information content (AvgIpc) is 3.73. The molecule has 0 amide bonds. The molecule has 11 nitrogen and oxygen atoms in total. The van der Waals surface area contributed by atoms with Crippen molar-refractivity contribution >= 4 is 19.0 Å². The molecule has 0 radical (unpaired) electrons. The van der Waals surface area contributed by atoms with Gasteiger partial charge in [-0.2, -0.15) is 9.79 Å². The molecule has 12 heteroatoms. The van der Waals surface area contributed by atoms with Crippen molar-refractivity contribution in [1.82, 2.24) is 24.2 Å². The van der Waals surface area contributed by atoms with Crippen LogP contribution in [0.2, 0.25) is 0 Å². The molecule has 5 aromatic rings. The normalized spacial score (nSPS) is 19.3. The number of aromatic amines is 1. The SMILES string of the molecule is CC(C)N(C(C)C)[P+](O)(CCC#N)O[C@H]1C[C@H](n2cnc3c(=O)[nH]cnc32)O[C@@H]1COC(c1ccccc1)(c1ccccc1)c1ccccc1. The molecular formula is C38H44N6O5P+. The molecule has 3 heterocycles. The fourth-order valence-corrected chi connectivity index (χ4v) is 10.1. The Hall–Kier alpha value is -4.27. The fourth-order valence-electron chi connectivity index (χ4n) is 7.13. The lowest BCUT2D eigenvalue weighted by molar-refractivity contribution is -0.0915. The van der Waals surface area contributed by atoms with E-state index in [4.69, 9.17) is 14.0 Å². The first-order valence-corrected chi connectivity index (χ1v) is 18.8. The van der Waals surface area contributed by atoms with Crippen molar-refractivity contribution in [3.05, 3.63) is 131 Å². The fraction of sp³-hybridized carbons (Fsp3) is 0.368. The molecule has 4 atom stereocenters. The van der Waals surface area contributed by atoms with E-state index in [1.807, 2.05) is 87.0 Å². The van der Waals surface area contributed by atoms with Gasteiger partial charge in [-0.05, 0) is 44.4 Å². The van der Waals surface area contributed by atoms with Crippen molar-refractivity contribution < 1.29 is 18.9 Å². The molecule has 260 valence electrons. The van der Waals surface area contributed by atoms with Gasteiger partial charge in [-0.3, -0.25) is 9.36 Å². The van der Waals surface area contributed by atoms with E-state index in [1.165, 1.54) is 6.33 Å². The number of hydrogen-bond acceptors (Lipinski definition) is 9. The molecule has 50 heavy (non-hydrogen) atoms. The topological polar surface area (TPSA) is 139 Å². The van der Waals surface area contributed by atoms with Crippen LogP contribution in [0.3, 0.4) is 0 Å². The lowest BCUT2D eigenvalue weighted by atomic mass is 9.80. The Bertz CT molecular complexity index is 1840. The number of fused-ring (bicyclic) bond motifs is 1. The van der Waals surface area contributed by atoms with E-state index in [0.29, 0.717) is 12.1 Å². The van der Waals surface area contributed by atoms with Crippen LogP contribution in [-0.4, -0.2) is 66.1 Å². The lowest BCUT2D eigenvalue weighted by Crippen LogP contribution is -2.42. The summed E-state index contributed by atoms with van der Waals surface area (Å²) in [7, 11) is -3.31. The molecule has 1 aliphatic rings. The summed E-state index contributed by atoms with van der Waals surface area (Å²) in [6.45, 7) is 8.16. The molecule has 3 aromatic carbocycles. The third-order valence-electron chi connectivity index (χ3n) is 9.10. The summed E-state index contributed by atoms with van der Waals surface area (Å²) in [4.78, 5) is 36.2. The minimum Gasteiger partial charge on any atom is -0.358 e. The van der Waals surface area contributed by atoms with Crippen molar-refractivity contribution in [3.8, 4) is 6.07 Å². The van der Waals surface area contributed by atoms with E-state index >= 15 is 0 Å². The second-order valence-corrected chi connectivity index (χ2v) is 15.5. The van der Waals surface area contributed by atoms with E-state index < -0.39 is 31.9 Å². The first kappa shape index (κ1) is 35.6. The van der Waals surface area contributed by atoms with Crippen LogP contribution >= 0.6 is 7.87 Å². The highest BCUT2D eigenvalue weighted by molar-refractivity contribution is 7.63. The summed E-state index contributed by atoms with van der Waals surface area (Å²) >= 11 is 0. The molecule has 0 saturated carbocycles. The second-order valence-electron chi connectivity index (χ2n) is 13.0. The number of ether oxygens (including phenoxy) is 2. The van der Waals surface area contributed by atoms with Gasteiger partial charge in [0.25, 0.3) is 5.56 Å². The monoisotopic (exact) mass is 695 g/mol. The summed E-state index contributed by atoms with van der Waals surface area (Å²) in [5, 5.41) is 9.58. The molecule has 0 bridgehead atoms. The Morgan fingerprint density at radius 1 is 0.980 bits per heavy atom. The lowest BCUT2D eigenvalue weighted by Gasteiger charge is -2.38. The molecule has 1 fully saturated rings. The van der Waals surface area contributed by atoms with Gasteiger partial charge in [0.05, 0.1) is 31.8 Å². The van der Waals surface area contributed by atoms with E-state index in [0.717, 1.165) is 16.7 Å². The molecule has 2 N–H and O–H groups in total. The van der Waals surface area contributed by atoms with Crippen LogP contribution in [0.15, 0.2) is 108 Å². The van der Waals surface area contributed by atoms with Crippen LogP contribution in [-0.2, 0) is 19.6 Å². The average molecular weight is 696 g/mol. The van der Waals surface area contributed by atoms with E-state index in [2.05, 4.69) is 57.4 Å². The summed E-state index contributed by atoms with van der Waals surface area (Å²) < 4.78 is 24.5. The molecule has 1 unspecified atom stereocenters. The number of nitrogens with one attached hydrogen (secondary N) is 1. The summed E-state index contributed by atoms with van der Waals surface area (Å²) in [5.41, 5.74) is 2.05. The quantitative estimate of drug-likeness (QED) is 0.0974. The van der Waals surface area contributed by atoms with Crippen molar-refractivity contribution in [2.24, 2.45) is 0 Å². The molecule has 6 rings (SSSR count). The number of aromatic nitrogens is 4. The van der Waals surface area contributed by atoms with Crippen LogP contribution in [0, 0.1) is 11.3 Å². The van der Waals surface area contributed by atoms with Gasteiger partial charge < -0.3 is 14.5 Å². The van der Waals surface area contributed by atoms with Crippen molar-refractivity contribution in [2.45, 2.75) is 76.7 Å². The van der Waals surface area contributed by atoms with Crippen LogP contribution in [0.1, 0.15) is 63.5 Å². The van der Waals surface area contributed by atoms with E-state index in [-0.39, 0.29) is 42.3 Å². The Kier molecular flexibility index (Phi) is 10.9. The highest BCUT2D eigenvalue weighted by atomic mass is 31.2. The highest BCUT2D eigenvalue weighted by Crippen LogP contribution is 2.63. The smallest absolute Gasteiger partial charge is 0.347 e. The molecule has 0 aliphatic carbocycles. The van der Waals surface area contributed by atoms with Crippen LogP contribution in [0.5, 0.6) is 0 Å². The summed E-state index contributed by atoms with van der Waals surface area (Å²) in [5.74, 6) is 0. The third-order valence-corrected chi connectivity index (χ3v) is 12.2. The molecule has 2 aromatic heterocycles. The predicted octanol–water partition coefficient (Wildman–Crippen LogP) is 6.59. The first-order valence-electron chi connectivity index (χ1n) is 17.0. The van der Waals surface area contributed by atoms with Gasteiger partial charge >= 0.3 is 7.87 Å². The minimum absolute atomic E-state index is 0.0461. The second kappa shape index (κ2) is 15.3. The molecule has 1 aliphatic heterocycles. The Balaban J connectivity index is 1.43. The minimum atomic E-state index is -3.31. The number of nitriles is 1. The zero-order valence-electron chi connectivity index (χ0n) is 28.8. The molecular weight excluding hydrogens is 651 g/mol. The summed E-state index contributed by atoms with van der Waals surface area (Å²) in [6, 6.07) is 32.4. The zero-order chi connectivity index (χ0) is 35.3.